The van der Waals surface area contributed by atoms with E-state index in [2.05, 4.69) is 10.3 Å². The van der Waals surface area contributed by atoms with Crippen molar-refractivity contribution in [1.82, 2.24) is 14.9 Å². The number of para-hydroxylation sites is 1. The summed E-state index contributed by atoms with van der Waals surface area (Å²) in [7, 11) is 3.05. The number of halogens is 1. The van der Waals surface area contributed by atoms with Crippen molar-refractivity contribution in [2.75, 3.05) is 7.11 Å². The summed E-state index contributed by atoms with van der Waals surface area (Å²) in [4.78, 5) is 29.2. The molecular formula is C21H22FN3O3. The number of rotatable bonds is 6. The van der Waals surface area contributed by atoms with Crippen molar-refractivity contribution >= 4 is 16.8 Å². The molecule has 1 aromatic heterocycles. The number of amides is 1. The molecular weight excluding hydrogens is 361 g/mol. The van der Waals surface area contributed by atoms with Gasteiger partial charge in [0.25, 0.3) is 5.56 Å². The monoisotopic (exact) mass is 383 g/mol. The van der Waals surface area contributed by atoms with Gasteiger partial charge in [-0.25, -0.2) is 9.37 Å². The zero-order chi connectivity index (χ0) is 20.3. The molecule has 2 aromatic carbocycles. The lowest BCUT2D eigenvalue weighted by Gasteiger charge is -2.15. The van der Waals surface area contributed by atoms with Gasteiger partial charge < -0.3 is 10.1 Å². The van der Waals surface area contributed by atoms with E-state index in [0.29, 0.717) is 28.7 Å². The van der Waals surface area contributed by atoms with Crippen LogP contribution in [0, 0.1) is 5.82 Å². The topological polar surface area (TPSA) is 73.2 Å². The third-order valence-electron chi connectivity index (χ3n) is 4.70. The first kappa shape index (κ1) is 19.5. The SMILES string of the molecule is COc1ccc([C@@H](C)NC(=O)CCc2nc3ccccc3c(=O)n2C)cc1F. The van der Waals surface area contributed by atoms with Crippen molar-refractivity contribution in [3.63, 3.8) is 0 Å². The minimum atomic E-state index is -0.475. The molecule has 1 heterocycles. The van der Waals surface area contributed by atoms with Crippen LogP contribution in [-0.4, -0.2) is 22.6 Å². The van der Waals surface area contributed by atoms with E-state index in [1.54, 1.807) is 38.2 Å². The van der Waals surface area contributed by atoms with Gasteiger partial charge in [-0.05, 0) is 36.8 Å². The summed E-state index contributed by atoms with van der Waals surface area (Å²) in [5.74, 6) is 0.0233. The fraction of sp³-hybridized carbons (Fsp3) is 0.286. The maximum Gasteiger partial charge on any atom is 0.261 e. The molecule has 3 aromatic rings. The molecule has 1 N–H and O–H groups in total. The van der Waals surface area contributed by atoms with Crippen LogP contribution in [0.3, 0.4) is 0 Å². The Bertz CT molecular complexity index is 1080. The molecule has 6 nitrogen and oxygen atoms in total. The van der Waals surface area contributed by atoms with Gasteiger partial charge in [-0.15, -0.1) is 0 Å². The number of nitrogens with one attached hydrogen (secondary N) is 1. The second-order valence-corrected chi connectivity index (χ2v) is 6.59. The van der Waals surface area contributed by atoms with Gasteiger partial charge in [-0.1, -0.05) is 18.2 Å². The number of carbonyl (C=O) groups excluding carboxylic acids is 1. The van der Waals surface area contributed by atoms with E-state index in [0.717, 1.165) is 0 Å². The molecule has 28 heavy (non-hydrogen) atoms. The maximum absolute atomic E-state index is 13.8. The van der Waals surface area contributed by atoms with Crippen LogP contribution in [0.5, 0.6) is 5.75 Å². The minimum Gasteiger partial charge on any atom is -0.494 e. The molecule has 0 aliphatic heterocycles. The zero-order valence-corrected chi connectivity index (χ0v) is 16.0. The Morgan fingerprint density at radius 1 is 1.29 bits per heavy atom. The molecule has 0 aliphatic rings. The van der Waals surface area contributed by atoms with Gasteiger partial charge in [0.05, 0.1) is 24.1 Å². The fourth-order valence-electron chi connectivity index (χ4n) is 3.06. The van der Waals surface area contributed by atoms with Crippen LogP contribution >= 0.6 is 0 Å². The summed E-state index contributed by atoms with van der Waals surface area (Å²) >= 11 is 0. The van der Waals surface area contributed by atoms with Crippen molar-refractivity contribution < 1.29 is 13.9 Å². The fourth-order valence-corrected chi connectivity index (χ4v) is 3.06. The quantitative estimate of drug-likeness (QED) is 0.710. The summed E-state index contributed by atoms with van der Waals surface area (Å²) in [6, 6.07) is 11.4. The molecule has 0 unspecified atom stereocenters. The highest BCUT2D eigenvalue weighted by Gasteiger charge is 2.14. The van der Waals surface area contributed by atoms with Crippen LogP contribution in [0.25, 0.3) is 10.9 Å². The Morgan fingerprint density at radius 2 is 2.04 bits per heavy atom. The molecule has 0 saturated carbocycles. The van der Waals surface area contributed by atoms with Gasteiger partial charge in [-0.2, -0.15) is 0 Å². The van der Waals surface area contributed by atoms with Crippen LogP contribution in [0.15, 0.2) is 47.3 Å². The van der Waals surface area contributed by atoms with E-state index >= 15 is 0 Å². The normalized spacial score (nSPS) is 12.0. The zero-order valence-electron chi connectivity index (χ0n) is 16.0. The van der Waals surface area contributed by atoms with E-state index in [-0.39, 0.29) is 29.7 Å². The van der Waals surface area contributed by atoms with Crippen molar-refractivity contribution in [1.29, 1.82) is 0 Å². The maximum atomic E-state index is 13.8. The third-order valence-corrected chi connectivity index (χ3v) is 4.70. The second-order valence-electron chi connectivity index (χ2n) is 6.59. The Balaban J connectivity index is 1.67. The van der Waals surface area contributed by atoms with Gasteiger partial charge in [0.15, 0.2) is 11.6 Å². The molecule has 146 valence electrons. The van der Waals surface area contributed by atoms with Crippen molar-refractivity contribution in [3.05, 3.63) is 70.0 Å². The number of fused-ring (bicyclic) bond motifs is 1. The van der Waals surface area contributed by atoms with Crippen molar-refractivity contribution in [2.24, 2.45) is 7.05 Å². The molecule has 1 atom stereocenters. The summed E-state index contributed by atoms with van der Waals surface area (Å²) in [5.41, 5.74) is 1.12. The first-order valence-electron chi connectivity index (χ1n) is 8.98. The van der Waals surface area contributed by atoms with Crippen LogP contribution in [0.4, 0.5) is 4.39 Å². The van der Waals surface area contributed by atoms with Crippen molar-refractivity contribution in [2.45, 2.75) is 25.8 Å². The highest BCUT2D eigenvalue weighted by Crippen LogP contribution is 2.21. The van der Waals surface area contributed by atoms with Crippen LogP contribution in [-0.2, 0) is 18.3 Å². The molecule has 7 heteroatoms. The van der Waals surface area contributed by atoms with Gasteiger partial charge in [0, 0.05) is 19.9 Å². The number of hydrogen-bond donors (Lipinski definition) is 1. The number of ether oxygens (including phenoxy) is 1. The lowest BCUT2D eigenvalue weighted by atomic mass is 10.1. The van der Waals surface area contributed by atoms with E-state index < -0.39 is 5.82 Å². The van der Waals surface area contributed by atoms with Gasteiger partial charge in [0.2, 0.25) is 5.91 Å². The molecule has 0 fully saturated rings. The summed E-state index contributed by atoms with van der Waals surface area (Å²) in [5, 5.41) is 3.39. The van der Waals surface area contributed by atoms with Gasteiger partial charge >= 0.3 is 0 Å². The van der Waals surface area contributed by atoms with Crippen LogP contribution in [0.2, 0.25) is 0 Å². The number of nitrogens with zero attached hydrogens (tertiary/aromatic N) is 2. The Morgan fingerprint density at radius 3 is 2.75 bits per heavy atom. The molecule has 1 amide bonds. The average Bonchev–Trinajstić information content (AvgIpc) is 2.69. The number of aryl methyl sites for hydroxylation is 1. The van der Waals surface area contributed by atoms with Gasteiger partial charge in [-0.3, -0.25) is 14.2 Å². The number of carbonyl (C=O) groups is 1. The van der Waals surface area contributed by atoms with Crippen LogP contribution < -0.4 is 15.6 Å². The average molecular weight is 383 g/mol. The number of methoxy groups -OCH3 is 1. The minimum absolute atomic E-state index is 0.136. The summed E-state index contributed by atoms with van der Waals surface area (Å²) < 4.78 is 20.2. The summed E-state index contributed by atoms with van der Waals surface area (Å²) in [6.45, 7) is 1.78. The number of hydrogen-bond acceptors (Lipinski definition) is 4. The van der Waals surface area contributed by atoms with Crippen LogP contribution in [0.1, 0.15) is 30.8 Å². The van der Waals surface area contributed by atoms with E-state index in [9.17, 15) is 14.0 Å². The lowest BCUT2D eigenvalue weighted by molar-refractivity contribution is -0.121. The smallest absolute Gasteiger partial charge is 0.261 e. The third kappa shape index (κ3) is 4.03. The van der Waals surface area contributed by atoms with Gasteiger partial charge in [0.1, 0.15) is 5.82 Å². The largest absolute Gasteiger partial charge is 0.494 e. The Labute approximate surface area is 162 Å². The molecule has 0 spiro atoms. The summed E-state index contributed by atoms with van der Waals surface area (Å²) in [6.07, 6.45) is 0.494. The highest BCUT2D eigenvalue weighted by molar-refractivity contribution is 5.78. The molecule has 0 aliphatic carbocycles. The highest BCUT2D eigenvalue weighted by atomic mass is 19.1. The molecule has 3 rings (SSSR count). The number of aromatic nitrogens is 2. The Kier molecular flexibility index (Phi) is 5.73. The van der Waals surface area contributed by atoms with E-state index in [4.69, 9.17) is 4.74 Å². The molecule has 0 radical (unpaired) electrons. The lowest BCUT2D eigenvalue weighted by Crippen LogP contribution is -2.28. The standard InChI is InChI=1S/C21H22FN3O3/c1-13(14-8-9-18(28-3)16(22)12-14)23-20(26)11-10-19-24-17-7-5-4-6-15(17)21(27)25(19)2/h4-9,12-13H,10-11H2,1-3H3,(H,23,26)/t13-/m1/s1. The first-order valence-corrected chi connectivity index (χ1v) is 8.98. The van der Waals surface area contributed by atoms with Crippen molar-refractivity contribution in [3.8, 4) is 5.75 Å². The molecule has 0 bridgehead atoms. The first-order chi connectivity index (χ1) is 13.4. The van der Waals surface area contributed by atoms with E-state index in [1.165, 1.54) is 23.8 Å². The van der Waals surface area contributed by atoms with E-state index in [1.807, 2.05) is 6.07 Å². The second kappa shape index (κ2) is 8.21. The predicted molar refractivity (Wildman–Crippen MR) is 105 cm³/mol. The Hall–Kier alpha value is -3.22. The number of benzene rings is 2. The predicted octanol–water partition coefficient (Wildman–Crippen LogP) is 2.89. The molecule has 0 saturated heterocycles.